The highest BCUT2D eigenvalue weighted by molar-refractivity contribution is 5.04. The second-order valence-corrected chi connectivity index (χ2v) is 4.45. The van der Waals surface area contributed by atoms with Crippen molar-refractivity contribution in [2.45, 2.75) is 46.0 Å². The molecule has 1 fully saturated rings. The molecular formula is C14H22O2. The van der Waals surface area contributed by atoms with Gasteiger partial charge in [0.05, 0.1) is 6.61 Å². The van der Waals surface area contributed by atoms with Crippen LogP contribution in [0.3, 0.4) is 0 Å². The maximum atomic E-state index is 5.58. The predicted octanol–water partition coefficient (Wildman–Crippen LogP) is 3.61. The Morgan fingerprint density at radius 2 is 2.12 bits per heavy atom. The van der Waals surface area contributed by atoms with Crippen LogP contribution in [0.15, 0.2) is 36.0 Å². The third-order valence-electron chi connectivity index (χ3n) is 2.51. The summed E-state index contributed by atoms with van der Waals surface area (Å²) < 4.78 is 11.0. The van der Waals surface area contributed by atoms with Gasteiger partial charge in [0.25, 0.3) is 0 Å². The van der Waals surface area contributed by atoms with Gasteiger partial charge in [0.2, 0.25) is 0 Å². The van der Waals surface area contributed by atoms with E-state index >= 15 is 0 Å². The first-order chi connectivity index (χ1) is 7.61. The van der Waals surface area contributed by atoms with Crippen LogP contribution in [0.25, 0.3) is 0 Å². The van der Waals surface area contributed by atoms with Crippen LogP contribution in [0.2, 0.25) is 0 Å². The molecule has 0 spiro atoms. The van der Waals surface area contributed by atoms with Gasteiger partial charge in [0, 0.05) is 0 Å². The van der Waals surface area contributed by atoms with Crippen molar-refractivity contribution in [1.82, 2.24) is 0 Å². The second-order valence-electron chi connectivity index (χ2n) is 4.45. The standard InChI is InChI=1S/C14H22O2/c1-5-13-10-15-14(16-13)9-12(4)8-6-7-11(2)3/h5,7,9,13-14H,1,6,8,10H2,2-4H3. The van der Waals surface area contributed by atoms with Crippen molar-refractivity contribution in [1.29, 1.82) is 0 Å². The minimum atomic E-state index is -0.185. The van der Waals surface area contributed by atoms with Crippen LogP contribution in [-0.4, -0.2) is 19.0 Å². The third kappa shape index (κ3) is 4.77. The van der Waals surface area contributed by atoms with Gasteiger partial charge < -0.3 is 9.47 Å². The van der Waals surface area contributed by atoms with Crippen LogP contribution in [0.5, 0.6) is 0 Å². The fraction of sp³-hybridized carbons (Fsp3) is 0.571. The Morgan fingerprint density at radius 1 is 1.38 bits per heavy atom. The third-order valence-corrected chi connectivity index (χ3v) is 2.51. The average molecular weight is 222 g/mol. The minimum absolute atomic E-state index is 0.0480. The Labute approximate surface area is 98.6 Å². The summed E-state index contributed by atoms with van der Waals surface area (Å²) in [5.74, 6) is 0. The van der Waals surface area contributed by atoms with Crippen molar-refractivity contribution in [2.75, 3.05) is 6.61 Å². The Bertz CT molecular complexity index is 285. The quantitative estimate of drug-likeness (QED) is 0.662. The lowest BCUT2D eigenvalue weighted by Crippen LogP contribution is -2.07. The van der Waals surface area contributed by atoms with E-state index in [1.807, 2.05) is 0 Å². The predicted molar refractivity (Wildman–Crippen MR) is 67.2 cm³/mol. The molecule has 2 heteroatoms. The summed E-state index contributed by atoms with van der Waals surface area (Å²) in [5, 5.41) is 0. The molecule has 2 nitrogen and oxygen atoms in total. The van der Waals surface area contributed by atoms with Crippen molar-refractivity contribution in [2.24, 2.45) is 0 Å². The van der Waals surface area contributed by atoms with Gasteiger partial charge in [-0.15, -0.1) is 6.58 Å². The highest BCUT2D eigenvalue weighted by Gasteiger charge is 2.21. The van der Waals surface area contributed by atoms with Crippen molar-refractivity contribution >= 4 is 0 Å². The lowest BCUT2D eigenvalue weighted by Gasteiger charge is -2.06. The fourth-order valence-corrected chi connectivity index (χ4v) is 1.56. The van der Waals surface area contributed by atoms with Gasteiger partial charge in [0.15, 0.2) is 6.29 Å². The van der Waals surface area contributed by atoms with Gasteiger partial charge >= 0.3 is 0 Å². The van der Waals surface area contributed by atoms with Crippen molar-refractivity contribution in [3.63, 3.8) is 0 Å². The summed E-state index contributed by atoms with van der Waals surface area (Å²) in [5.41, 5.74) is 2.68. The molecule has 90 valence electrons. The number of ether oxygens (including phenoxy) is 2. The summed E-state index contributed by atoms with van der Waals surface area (Å²) in [7, 11) is 0. The van der Waals surface area contributed by atoms with Crippen molar-refractivity contribution < 1.29 is 9.47 Å². The molecule has 0 aromatic heterocycles. The topological polar surface area (TPSA) is 18.5 Å². The molecule has 1 heterocycles. The zero-order chi connectivity index (χ0) is 12.0. The largest absolute Gasteiger partial charge is 0.346 e. The molecule has 2 atom stereocenters. The maximum Gasteiger partial charge on any atom is 0.178 e. The molecule has 1 aliphatic heterocycles. The Kier molecular flexibility index (Phi) is 5.50. The molecule has 0 radical (unpaired) electrons. The normalized spacial score (nSPS) is 25.6. The summed E-state index contributed by atoms with van der Waals surface area (Å²) >= 11 is 0. The molecule has 1 aliphatic rings. The summed E-state index contributed by atoms with van der Waals surface area (Å²) in [6.45, 7) is 10.7. The van der Waals surface area contributed by atoms with Gasteiger partial charge in [-0.1, -0.05) is 23.3 Å². The van der Waals surface area contributed by atoms with Gasteiger partial charge in [-0.05, 0) is 39.7 Å². The van der Waals surface area contributed by atoms with E-state index in [2.05, 4.69) is 39.5 Å². The zero-order valence-corrected chi connectivity index (χ0v) is 10.5. The van der Waals surface area contributed by atoms with E-state index in [0.717, 1.165) is 12.8 Å². The van der Waals surface area contributed by atoms with E-state index in [1.54, 1.807) is 6.08 Å². The van der Waals surface area contributed by atoms with Crippen LogP contribution < -0.4 is 0 Å². The molecule has 0 bridgehead atoms. The first-order valence-corrected chi connectivity index (χ1v) is 5.82. The van der Waals surface area contributed by atoms with Crippen LogP contribution in [0.4, 0.5) is 0 Å². The number of hydrogen-bond acceptors (Lipinski definition) is 2. The second kappa shape index (κ2) is 6.66. The molecule has 1 saturated heterocycles. The molecule has 0 aliphatic carbocycles. The SMILES string of the molecule is C=CC1COC(C=C(C)CCC=C(C)C)O1. The number of hydrogen-bond donors (Lipinski definition) is 0. The number of rotatable bonds is 5. The molecule has 1 rings (SSSR count). The molecule has 0 amide bonds. The van der Waals surface area contributed by atoms with E-state index < -0.39 is 0 Å². The van der Waals surface area contributed by atoms with Crippen molar-refractivity contribution in [3.05, 3.63) is 36.0 Å². The first-order valence-electron chi connectivity index (χ1n) is 5.82. The van der Waals surface area contributed by atoms with Gasteiger partial charge in [0.1, 0.15) is 6.10 Å². The Balaban J connectivity index is 2.33. The summed E-state index contributed by atoms with van der Waals surface area (Å²) in [6, 6.07) is 0. The van der Waals surface area contributed by atoms with Crippen LogP contribution >= 0.6 is 0 Å². The first kappa shape index (κ1) is 13.2. The van der Waals surface area contributed by atoms with E-state index in [-0.39, 0.29) is 12.4 Å². The van der Waals surface area contributed by atoms with E-state index in [0.29, 0.717) is 6.61 Å². The van der Waals surface area contributed by atoms with E-state index in [1.165, 1.54) is 11.1 Å². The molecule has 0 N–H and O–H groups in total. The highest BCUT2D eigenvalue weighted by Crippen LogP contribution is 2.16. The lowest BCUT2D eigenvalue weighted by molar-refractivity contribution is -0.0122. The van der Waals surface area contributed by atoms with Gasteiger partial charge in [-0.2, -0.15) is 0 Å². The maximum absolute atomic E-state index is 5.58. The van der Waals surface area contributed by atoms with Crippen molar-refractivity contribution in [3.8, 4) is 0 Å². The summed E-state index contributed by atoms with van der Waals surface area (Å²) in [4.78, 5) is 0. The zero-order valence-electron chi connectivity index (χ0n) is 10.5. The Morgan fingerprint density at radius 3 is 2.69 bits per heavy atom. The molecule has 0 aromatic rings. The highest BCUT2D eigenvalue weighted by atomic mass is 16.7. The lowest BCUT2D eigenvalue weighted by atomic mass is 10.1. The average Bonchev–Trinajstić information content (AvgIpc) is 2.65. The molecule has 2 unspecified atom stereocenters. The smallest absolute Gasteiger partial charge is 0.178 e. The monoisotopic (exact) mass is 222 g/mol. The summed E-state index contributed by atoms with van der Waals surface area (Å²) in [6.07, 6.45) is 8.10. The minimum Gasteiger partial charge on any atom is -0.346 e. The molecular weight excluding hydrogens is 200 g/mol. The Hall–Kier alpha value is -0.860. The number of allylic oxidation sites excluding steroid dienone is 3. The molecule has 0 aromatic carbocycles. The van der Waals surface area contributed by atoms with E-state index in [9.17, 15) is 0 Å². The van der Waals surface area contributed by atoms with Gasteiger partial charge in [-0.3, -0.25) is 0 Å². The molecule has 16 heavy (non-hydrogen) atoms. The van der Waals surface area contributed by atoms with Crippen LogP contribution in [0.1, 0.15) is 33.6 Å². The van der Waals surface area contributed by atoms with Crippen LogP contribution in [-0.2, 0) is 9.47 Å². The molecule has 0 saturated carbocycles. The fourth-order valence-electron chi connectivity index (χ4n) is 1.56. The van der Waals surface area contributed by atoms with Gasteiger partial charge in [-0.25, -0.2) is 0 Å². The van der Waals surface area contributed by atoms with E-state index in [4.69, 9.17) is 9.47 Å². The van der Waals surface area contributed by atoms with Crippen LogP contribution in [0, 0.1) is 0 Å².